The van der Waals surface area contributed by atoms with Crippen LogP contribution in [0.1, 0.15) is 22.9 Å². The summed E-state index contributed by atoms with van der Waals surface area (Å²) in [7, 11) is 0. The van der Waals surface area contributed by atoms with Crippen LogP contribution >= 0.6 is 0 Å². The summed E-state index contributed by atoms with van der Waals surface area (Å²) in [6.45, 7) is 0. The molecule has 1 unspecified atom stereocenters. The molecular weight excluding hydrogens is 797 g/mol. The average molecular weight is 835 g/mol. The Morgan fingerprint density at radius 2 is 0.954 bits per heavy atom. The summed E-state index contributed by atoms with van der Waals surface area (Å²) in [5.74, 6) is 3.19. The normalized spacial score (nSPS) is 13.7. The predicted molar refractivity (Wildman–Crippen MR) is 264 cm³/mol. The van der Waals surface area contributed by atoms with Gasteiger partial charge in [0.1, 0.15) is 23.2 Å². The lowest BCUT2D eigenvalue weighted by Crippen LogP contribution is -2.33. The Hall–Kier alpha value is -8.81. The molecule has 0 amide bonds. The first kappa shape index (κ1) is 37.9. The van der Waals surface area contributed by atoms with E-state index in [-0.39, 0.29) is 6.17 Å². The van der Waals surface area contributed by atoms with Crippen LogP contribution in [0.4, 0.5) is 0 Å². The van der Waals surface area contributed by atoms with E-state index in [1.165, 1.54) is 0 Å². The Kier molecular flexibility index (Phi) is 9.42. The minimum atomic E-state index is -0.375. The fraction of sp³-hybridized carbons (Fsp3) is 0.0172. The summed E-state index contributed by atoms with van der Waals surface area (Å²) in [5, 5.41) is 7.97. The molecule has 0 bridgehead atoms. The summed E-state index contributed by atoms with van der Waals surface area (Å²) >= 11 is 0. The van der Waals surface area contributed by atoms with Crippen molar-refractivity contribution in [2.24, 2.45) is 9.98 Å². The summed E-state index contributed by atoms with van der Waals surface area (Å²) in [6.07, 6.45) is -0.375. The van der Waals surface area contributed by atoms with Gasteiger partial charge in [-0.3, -0.25) is 0 Å². The topological polar surface area (TPSA) is 88.6 Å². The van der Waals surface area contributed by atoms with Gasteiger partial charge in [0.15, 0.2) is 23.3 Å². The highest BCUT2D eigenvalue weighted by molar-refractivity contribution is 6.24. The Balaban J connectivity index is 0.991. The smallest absolute Gasteiger partial charge is 0.164 e. The van der Waals surface area contributed by atoms with Gasteiger partial charge in [0.25, 0.3) is 0 Å². The highest BCUT2D eigenvalue weighted by Crippen LogP contribution is 2.38. The third-order valence-corrected chi connectivity index (χ3v) is 12.0. The van der Waals surface area contributed by atoms with Crippen LogP contribution in [-0.2, 0) is 0 Å². The van der Waals surface area contributed by atoms with Crippen LogP contribution in [0.3, 0.4) is 0 Å². The van der Waals surface area contributed by atoms with Crippen LogP contribution in [-0.4, -0.2) is 26.6 Å². The molecule has 0 radical (unpaired) electrons. The third-order valence-electron chi connectivity index (χ3n) is 12.0. The van der Waals surface area contributed by atoms with Gasteiger partial charge in [-0.2, -0.15) is 0 Å². The molecule has 0 saturated heterocycles. The summed E-state index contributed by atoms with van der Waals surface area (Å²) in [4.78, 5) is 25.9. The Labute approximate surface area is 375 Å². The van der Waals surface area contributed by atoms with E-state index in [1.807, 2.05) is 72.8 Å². The number of aromatic nitrogens is 3. The van der Waals surface area contributed by atoms with Gasteiger partial charge in [0.05, 0.1) is 0 Å². The molecule has 0 aliphatic carbocycles. The van der Waals surface area contributed by atoms with Crippen LogP contribution in [0, 0.1) is 0 Å². The van der Waals surface area contributed by atoms with E-state index in [2.05, 4.69) is 151 Å². The molecule has 1 N–H and O–H groups in total. The molecule has 7 heteroatoms. The number of rotatable bonds is 8. The van der Waals surface area contributed by atoms with Gasteiger partial charge < -0.3 is 9.73 Å². The Morgan fingerprint density at radius 1 is 0.385 bits per heavy atom. The molecule has 1 aliphatic heterocycles. The number of amidine groups is 2. The van der Waals surface area contributed by atoms with E-state index in [9.17, 15) is 0 Å². The number of para-hydroxylation sites is 1. The molecule has 1 aliphatic rings. The molecule has 0 fully saturated rings. The van der Waals surface area contributed by atoms with Crippen molar-refractivity contribution < 1.29 is 4.42 Å². The van der Waals surface area contributed by atoms with E-state index in [0.29, 0.717) is 29.1 Å². The molecule has 1 atom stereocenters. The van der Waals surface area contributed by atoms with Crippen LogP contribution in [0.5, 0.6) is 0 Å². The second-order valence-corrected chi connectivity index (χ2v) is 16.1. The molecule has 3 heterocycles. The molecule has 0 spiro atoms. The summed E-state index contributed by atoms with van der Waals surface area (Å²) in [5.41, 5.74) is 11.4. The minimum absolute atomic E-state index is 0.375. The van der Waals surface area contributed by atoms with Gasteiger partial charge in [0, 0.05) is 38.6 Å². The molecule has 11 aromatic rings. The van der Waals surface area contributed by atoms with E-state index >= 15 is 0 Å². The summed E-state index contributed by atoms with van der Waals surface area (Å²) < 4.78 is 6.63. The Bertz CT molecular complexity index is 3610. The zero-order chi connectivity index (χ0) is 43.1. The van der Waals surface area contributed by atoms with Gasteiger partial charge in [-0.1, -0.05) is 200 Å². The Morgan fingerprint density at radius 3 is 1.72 bits per heavy atom. The second-order valence-electron chi connectivity index (χ2n) is 16.1. The number of fused-ring (bicyclic) bond motifs is 4. The van der Waals surface area contributed by atoms with Crippen molar-refractivity contribution in [2.45, 2.75) is 6.17 Å². The zero-order valence-corrected chi connectivity index (χ0v) is 35.0. The molecule has 65 heavy (non-hydrogen) atoms. The predicted octanol–water partition coefficient (Wildman–Crippen LogP) is 13.8. The fourth-order valence-corrected chi connectivity index (χ4v) is 8.84. The molecule has 0 saturated carbocycles. The van der Waals surface area contributed by atoms with Crippen LogP contribution in [0.15, 0.2) is 233 Å². The van der Waals surface area contributed by atoms with Crippen LogP contribution in [0.2, 0.25) is 0 Å². The largest absolute Gasteiger partial charge is 0.456 e. The number of aliphatic imine (C=N–C) groups is 2. The number of nitrogens with zero attached hydrogens (tertiary/aromatic N) is 5. The maximum atomic E-state index is 6.63. The van der Waals surface area contributed by atoms with Crippen molar-refractivity contribution in [3.63, 3.8) is 0 Å². The monoisotopic (exact) mass is 834 g/mol. The molecule has 9 aromatic carbocycles. The first-order valence-electron chi connectivity index (χ1n) is 21.7. The molecule has 12 rings (SSSR count). The van der Waals surface area contributed by atoms with E-state index in [1.54, 1.807) is 0 Å². The van der Waals surface area contributed by atoms with Crippen molar-refractivity contribution in [1.29, 1.82) is 0 Å². The number of nitrogens with one attached hydrogen (secondary N) is 1. The van der Waals surface area contributed by atoms with Crippen LogP contribution in [0.25, 0.3) is 89.1 Å². The second kappa shape index (κ2) is 16.1. The first-order valence-corrected chi connectivity index (χ1v) is 21.7. The molecule has 2 aromatic heterocycles. The zero-order valence-electron chi connectivity index (χ0n) is 35.0. The van der Waals surface area contributed by atoms with Gasteiger partial charge in [0.2, 0.25) is 0 Å². The van der Waals surface area contributed by atoms with Crippen LogP contribution < -0.4 is 5.32 Å². The first-order chi connectivity index (χ1) is 32.2. The minimum Gasteiger partial charge on any atom is -0.456 e. The third kappa shape index (κ3) is 7.11. The van der Waals surface area contributed by atoms with Crippen molar-refractivity contribution in [1.82, 2.24) is 20.3 Å². The van der Waals surface area contributed by atoms with Crippen molar-refractivity contribution in [3.05, 3.63) is 235 Å². The summed E-state index contributed by atoms with van der Waals surface area (Å²) in [6, 6.07) is 74.7. The number of hydrogen-bond acceptors (Lipinski definition) is 7. The van der Waals surface area contributed by atoms with Gasteiger partial charge >= 0.3 is 0 Å². The van der Waals surface area contributed by atoms with Crippen molar-refractivity contribution in [2.75, 3.05) is 0 Å². The molecule has 7 nitrogen and oxygen atoms in total. The SMILES string of the molecule is c1ccc(-c2nc(-c3ccc(-c4cc(C5=NC(c6cccc7ccccc67)=NC(c6ccccc6)N5)c5c(c4)oc4ccccc45)cc3)nc(-c3ccccc3-c3ccccc3)n2)cc1. The number of furan rings is 1. The molecular formula is C58H38N6O. The van der Waals surface area contributed by atoms with E-state index in [4.69, 9.17) is 29.4 Å². The maximum Gasteiger partial charge on any atom is 0.164 e. The highest BCUT2D eigenvalue weighted by atomic mass is 16.3. The van der Waals surface area contributed by atoms with Crippen molar-refractivity contribution in [3.8, 4) is 56.4 Å². The average Bonchev–Trinajstić information content (AvgIpc) is 3.77. The fourth-order valence-electron chi connectivity index (χ4n) is 8.84. The number of benzene rings is 9. The lowest BCUT2D eigenvalue weighted by Gasteiger charge is -2.24. The standard InChI is InChI=1S/C58H38N6O/c1-4-17-38(18-5-1)44-26-12-13-27-46(44)56-60-53(40-20-6-2-7-21-40)59-55(62-56)42-33-31-37(32-34-42)43-35-49(52-48-28-14-15-30-50(48)65-51(52)36-43)58-63-54(41-22-8-3-9-23-41)61-57(64-58)47-29-16-24-39-19-10-11-25-45(39)47/h1-36,54H,(H,61,63,64). The molecule has 306 valence electrons. The maximum absolute atomic E-state index is 6.63. The number of hydrogen-bond donors (Lipinski definition) is 1. The van der Waals surface area contributed by atoms with Gasteiger partial charge in [-0.25, -0.2) is 24.9 Å². The van der Waals surface area contributed by atoms with Gasteiger partial charge in [-0.15, -0.1) is 0 Å². The van der Waals surface area contributed by atoms with Gasteiger partial charge in [-0.05, 0) is 56.8 Å². The highest BCUT2D eigenvalue weighted by Gasteiger charge is 2.26. The van der Waals surface area contributed by atoms with Crippen molar-refractivity contribution >= 4 is 44.4 Å². The quantitative estimate of drug-likeness (QED) is 0.165. The van der Waals surface area contributed by atoms with E-state index < -0.39 is 0 Å². The lowest BCUT2D eigenvalue weighted by atomic mass is 9.96. The lowest BCUT2D eigenvalue weighted by molar-refractivity contribution is 0.668. The van der Waals surface area contributed by atoms with E-state index in [0.717, 1.165) is 88.3 Å².